The van der Waals surface area contributed by atoms with Crippen molar-refractivity contribution in [3.63, 3.8) is 0 Å². The Bertz CT molecular complexity index is 340. The van der Waals surface area contributed by atoms with Gasteiger partial charge in [0, 0.05) is 6.07 Å². The summed E-state index contributed by atoms with van der Waals surface area (Å²) in [5.41, 5.74) is -0.323. The van der Waals surface area contributed by atoms with Gasteiger partial charge < -0.3 is 14.3 Å². The van der Waals surface area contributed by atoms with Crippen LogP contribution in [0.4, 0.5) is 0 Å². The minimum absolute atomic E-state index is 0.0313. The molecule has 13 heavy (non-hydrogen) atoms. The van der Waals surface area contributed by atoms with Crippen LogP contribution in [0.15, 0.2) is 27.8 Å². The molecule has 1 aromatic rings. The van der Waals surface area contributed by atoms with Crippen molar-refractivity contribution in [2.45, 2.75) is 6.42 Å². The monoisotopic (exact) mass is 184 g/mol. The summed E-state index contributed by atoms with van der Waals surface area (Å²) in [6.45, 7) is -0.0376. The second-order valence-corrected chi connectivity index (χ2v) is 2.28. The summed E-state index contributed by atoms with van der Waals surface area (Å²) in [6, 6.07) is 1.20. The number of carboxylic acid groups (broad SMARTS) is 1. The second-order valence-electron chi connectivity index (χ2n) is 2.28. The average molecular weight is 184 g/mol. The van der Waals surface area contributed by atoms with E-state index < -0.39 is 5.97 Å². The third-order valence-corrected chi connectivity index (χ3v) is 1.29. The highest BCUT2D eigenvalue weighted by Crippen LogP contribution is 2.01. The molecule has 1 rings (SSSR count). The number of carbonyl (C=O) groups is 1. The second kappa shape index (κ2) is 4.30. The quantitative estimate of drug-likeness (QED) is 0.736. The maximum Gasteiger partial charge on any atom is 0.306 e. The van der Waals surface area contributed by atoms with Crippen molar-refractivity contribution in [1.29, 1.82) is 0 Å². The molecule has 5 heteroatoms. The highest BCUT2D eigenvalue weighted by atomic mass is 16.5. The molecule has 0 aliphatic heterocycles. The van der Waals surface area contributed by atoms with E-state index in [0.717, 1.165) is 6.26 Å². The highest BCUT2D eigenvalue weighted by molar-refractivity contribution is 5.66. The fraction of sp³-hybridized carbons (Fsp3) is 0.250. The summed E-state index contributed by atoms with van der Waals surface area (Å²) in [5, 5.41) is 8.28. The number of hydrogen-bond acceptors (Lipinski definition) is 4. The van der Waals surface area contributed by atoms with Crippen LogP contribution in [0.5, 0.6) is 5.75 Å². The van der Waals surface area contributed by atoms with Gasteiger partial charge in [0.1, 0.15) is 6.26 Å². The van der Waals surface area contributed by atoms with Crippen molar-refractivity contribution < 1.29 is 19.1 Å². The van der Waals surface area contributed by atoms with E-state index in [-0.39, 0.29) is 24.2 Å². The minimum Gasteiger partial charge on any atom is -0.486 e. The van der Waals surface area contributed by atoms with Gasteiger partial charge in [-0.15, -0.1) is 0 Å². The lowest BCUT2D eigenvalue weighted by molar-refractivity contribution is -0.137. The lowest BCUT2D eigenvalue weighted by Crippen LogP contribution is -2.10. The number of ether oxygens (including phenoxy) is 1. The molecule has 0 bridgehead atoms. The predicted octanol–water partition coefficient (Wildman–Crippen LogP) is 0.493. The molecule has 0 saturated heterocycles. The van der Waals surface area contributed by atoms with Crippen LogP contribution in [0.3, 0.4) is 0 Å². The number of hydrogen-bond donors (Lipinski definition) is 1. The number of rotatable bonds is 4. The fourth-order valence-corrected chi connectivity index (χ4v) is 0.696. The molecular formula is C8H8O5. The maximum atomic E-state index is 11.0. The number of aliphatic carboxylic acids is 1. The zero-order chi connectivity index (χ0) is 9.68. The van der Waals surface area contributed by atoms with Gasteiger partial charge in [-0.2, -0.15) is 0 Å². The van der Waals surface area contributed by atoms with E-state index in [1.165, 1.54) is 12.3 Å². The molecule has 0 aliphatic carbocycles. The summed E-state index contributed by atoms with van der Waals surface area (Å²) in [5.74, 6) is -0.941. The third kappa shape index (κ3) is 2.98. The SMILES string of the molecule is O=C(O)CCOc1coccc1=O. The minimum atomic E-state index is -0.972. The molecule has 0 unspecified atom stereocenters. The zero-order valence-corrected chi connectivity index (χ0v) is 6.73. The van der Waals surface area contributed by atoms with Gasteiger partial charge in [-0.05, 0) is 0 Å². The zero-order valence-electron chi connectivity index (χ0n) is 6.73. The Balaban J connectivity index is 2.50. The first-order chi connectivity index (χ1) is 6.20. The van der Waals surface area contributed by atoms with Gasteiger partial charge in [0.2, 0.25) is 11.2 Å². The Kier molecular flexibility index (Phi) is 3.08. The van der Waals surface area contributed by atoms with E-state index in [4.69, 9.17) is 9.84 Å². The van der Waals surface area contributed by atoms with Crippen molar-refractivity contribution >= 4 is 5.97 Å². The molecule has 0 atom stereocenters. The van der Waals surface area contributed by atoms with Crippen LogP contribution in [0.1, 0.15) is 6.42 Å². The molecule has 1 aromatic heterocycles. The number of carboxylic acids is 1. The van der Waals surface area contributed by atoms with E-state index in [2.05, 4.69) is 4.42 Å². The molecule has 5 nitrogen and oxygen atoms in total. The molecule has 70 valence electrons. The van der Waals surface area contributed by atoms with Gasteiger partial charge >= 0.3 is 5.97 Å². The Labute approximate surface area is 73.6 Å². The van der Waals surface area contributed by atoms with Crippen LogP contribution in [0, 0.1) is 0 Å². The first kappa shape index (κ1) is 9.31. The molecule has 0 amide bonds. The fourth-order valence-electron chi connectivity index (χ4n) is 0.696. The van der Waals surface area contributed by atoms with E-state index in [0.29, 0.717) is 0 Å². The van der Waals surface area contributed by atoms with Gasteiger partial charge in [0.25, 0.3) is 0 Å². The van der Waals surface area contributed by atoms with Crippen molar-refractivity contribution in [3.05, 3.63) is 28.8 Å². The molecule has 0 saturated carbocycles. The van der Waals surface area contributed by atoms with Crippen LogP contribution in [0.2, 0.25) is 0 Å². The van der Waals surface area contributed by atoms with Gasteiger partial charge in [-0.3, -0.25) is 9.59 Å². The van der Waals surface area contributed by atoms with Crippen LogP contribution >= 0.6 is 0 Å². The van der Waals surface area contributed by atoms with Gasteiger partial charge in [0.05, 0.1) is 19.3 Å². The normalized spacial score (nSPS) is 9.54. The van der Waals surface area contributed by atoms with E-state index in [9.17, 15) is 9.59 Å². The van der Waals surface area contributed by atoms with Crippen LogP contribution in [-0.4, -0.2) is 17.7 Å². The van der Waals surface area contributed by atoms with E-state index >= 15 is 0 Å². The van der Waals surface area contributed by atoms with E-state index in [1.807, 2.05) is 0 Å². The topological polar surface area (TPSA) is 76.7 Å². The molecule has 0 spiro atoms. The predicted molar refractivity (Wildman–Crippen MR) is 42.7 cm³/mol. The van der Waals surface area contributed by atoms with Crippen LogP contribution in [0.25, 0.3) is 0 Å². The molecule has 1 heterocycles. The van der Waals surface area contributed by atoms with Crippen molar-refractivity contribution in [2.75, 3.05) is 6.61 Å². The smallest absolute Gasteiger partial charge is 0.306 e. The molecule has 0 aliphatic rings. The van der Waals surface area contributed by atoms with Crippen molar-refractivity contribution in [3.8, 4) is 5.75 Å². The molecular weight excluding hydrogens is 176 g/mol. The molecule has 0 fully saturated rings. The van der Waals surface area contributed by atoms with Crippen LogP contribution < -0.4 is 10.2 Å². The Morgan fingerprint density at radius 3 is 3.00 bits per heavy atom. The summed E-state index contributed by atoms with van der Waals surface area (Å²) in [7, 11) is 0. The molecule has 1 N–H and O–H groups in total. The third-order valence-electron chi connectivity index (χ3n) is 1.29. The standard InChI is InChI=1S/C8H8O5/c9-6-1-3-12-5-7(6)13-4-2-8(10)11/h1,3,5H,2,4H2,(H,10,11). The van der Waals surface area contributed by atoms with Crippen LogP contribution in [-0.2, 0) is 4.79 Å². The average Bonchev–Trinajstić information content (AvgIpc) is 2.08. The summed E-state index contributed by atoms with van der Waals surface area (Å²) >= 11 is 0. The molecule has 0 radical (unpaired) electrons. The van der Waals surface area contributed by atoms with Crippen molar-refractivity contribution in [2.24, 2.45) is 0 Å². The van der Waals surface area contributed by atoms with E-state index in [1.54, 1.807) is 0 Å². The molecule has 0 aromatic carbocycles. The summed E-state index contributed by atoms with van der Waals surface area (Å²) in [6.07, 6.45) is 2.23. The summed E-state index contributed by atoms with van der Waals surface area (Å²) < 4.78 is 9.53. The van der Waals surface area contributed by atoms with Crippen molar-refractivity contribution in [1.82, 2.24) is 0 Å². The van der Waals surface area contributed by atoms with Gasteiger partial charge in [-0.1, -0.05) is 0 Å². The highest BCUT2D eigenvalue weighted by Gasteiger charge is 2.01. The lowest BCUT2D eigenvalue weighted by atomic mass is 10.4. The Hall–Kier alpha value is -1.78. The lowest BCUT2D eigenvalue weighted by Gasteiger charge is -2.00. The largest absolute Gasteiger partial charge is 0.486 e. The summed E-state index contributed by atoms with van der Waals surface area (Å²) in [4.78, 5) is 21.1. The first-order valence-electron chi connectivity index (χ1n) is 3.61. The van der Waals surface area contributed by atoms with Gasteiger partial charge in [0.15, 0.2) is 0 Å². The Morgan fingerprint density at radius 1 is 1.62 bits per heavy atom. The maximum absolute atomic E-state index is 11.0. The van der Waals surface area contributed by atoms with Gasteiger partial charge in [-0.25, -0.2) is 0 Å². The first-order valence-corrected chi connectivity index (χ1v) is 3.61. The Morgan fingerprint density at radius 2 is 2.38 bits per heavy atom.